The van der Waals surface area contributed by atoms with Crippen molar-refractivity contribution >= 4 is 5.91 Å². The number of rotatable bonds is 4. The molecule has 2 aromatic rings. The van der Waals surface area contributed by atoms with E-state index in [1.54, 1.807) is 24.1 Å². The molecule has 118 valence electrons. The summed E-state index contributed by atoms with van der Waals surface area (Å²) >= 11 is 0. The molecule has 0 saturated carbocycles. The van der Waals surface area contributed by atoms with E-state index >= 15 is 0 Å². The van der Waals surface area contributed by atoms with E-state index in [9.17, 15) is 4.79 Å². The number of carbonyl (C=O) groups excluding carboxylic acids is 1. The average Bonchev–Trinajstić information content (AvgIpc) is 2.56. The zero-order valence-corrected chi connectivity index (χ0v) is 13.9. The van der Waals surface area contributed by atoms with Crippen LogP contribution in [0.1, 0.15) is 47.1 Å². The normalized spacial score (nSPS) is 11.8. The molecule has 23 heavy (non-hydrogen) atoms. The second-order valence-corrected chi connectivity index (χ2v) is 6.01. The van der Waals surface area contributed by atoms with Crippen molar-refractivity contribution in [3.8, 4) is 6.07 Å². The zero-order chi connectivity index (χ0) is 17.0. The van der Waals surface area contributed by atoms with Crippen molar-refractivity contribution in [3.63, 3.8) is 0 Å². The predicted molar refractivity (Wildman–Crippen MR) is 89.8 cm³/mol. The van der Waals surface area contributed by atoms with Gasteiger partial charge in [0.2, 0.25) is 0 Å². The molecule has 0 radical (unpaired) electrons. The van der Waals surface area contributed by atoms with Gasteiger partial charge in [-0.2, -0.15) is 5.26 Å². The molecule has 1 heterocycles. The molecule has 0 spiro atoms. The van der Waals surface area contributed by atoms with Gasteiger partial charge in [0.1, 0.15) is 11.8 Å². The van der Waals surface area contributed by atoms with Crippen LogP contribution in [0.5, 0.6) is 0 Å². The summed E-state index contributed by atoms with van der Waals surface area (Å²) in [5.74, 6) is 0.125. The van der Waals surface area contributed by atoms with Crippen LogP contribution in [0.2, 0.25) is 0 Å². The summed E-state index contributed by atoms with van der Waals surface area (Å²) in [6.45, 7) is 6.27. The molecule has 0 fully saturated rings. The molecule has 1 amide bonds. The largest absolute Gasteiger partial charge is 0.333 e. The van der Waals surface area contributed by atoms with Crippen molar-refractivity contribution in [1.82, 2.24) is 9.88 Å². The number of hydrogen-bond donors (Lipinski definition) is 0. The molecule has 2 rings (SSSR count). The van der Waals surface area contributed by atoms with Crippen molar-refractivity contribution in [1.29, 1.82) is 5.26 Å². The maximum Gasteiger partial charge on any atom is 0.272 e. The second-order valence-electron chi connectivity index (χ2n) is 6.01. The average molecular weight is 307 g/mol. The summed E-state index contributed by atoms with van der Waals surface area (Å²) in [4.78, 5) is 18.6. The van der Waals surface area contributed by atoms with Gasteiger partial charge < -0.3 is 4.90 Å². The molecule has 1 aromatic heterocycles. The summed E-state index contributed by atoms with van der Waals surface area (Å²) in [7, 11) is 1.80. The second kappa shape index (κ2) is 7.06. The molecule has 0 aliphatic carbocycles. The van der Waals surface area contributed by atoms with E-state index in [2.05, 4.69) is 37.9 Å². The smallest absolute Gasteiger partial charge is 0.272 e. The molecule has 4 heteroatoms. The quantitative estimate of drug-likeness (QED) is 0.864. The molecule has 1 atom stereocenters. The van der Waals surface area contributed by atoms with Gasteiger partial charge in [-0.05, 0) is 36.1 Å². The predicted octanol–water partition coefficient (Wildman–Crippen LogP) is 3.73. The first kappa shape index (κ1) is 16.7. The molecule has 0 aliphatic heterocycles. The molecular weight excluding hydrogens is 286 g/mol. The van der Waals surface area contributed by atoms with Crippen molar-refractivity contribution in [3.05, 3.63) is 65.0 Å². The maximum absolute atomic E-state index is 12.8. The first-order valence-electron chi connectivity index (χ1n) is 7.64. The van der Waals surface area contributed by atoms with Crippen LogP contribution < -0.4 is 0 Å². The van der Waals surface area contributed by atoms with E-state index in [4.69, 9.17) is 5.26 Å². The number of pyridine rings is 1. The summed E-state index contributed by atoms with van der Waals surface area (Å²) in [6, 6.07) is 13.3. The van der Waals surface area contributed by atoms with E-state index in [0.29, 0.717) is 11.3 Å². The fraction of sp³-hybridized carbons (Fsp3) is 0.316. The van der Waals surface area contributed by atoms with Gasteiger partial charge in [-0.3, -0.25) is 4.79 Å². The molecule has 0 saturated heterocycles. The fourth-order valence-corrected chi connectivity index (χ4v) is 2.83. The number of nitriles is 1. The van der Waals surface area contributed by atoms with Crippen molar-refractivity contribution in [2.45, 2.75) is 26.8 Å². The Morgan fingerprint density at radius 1 is 1.22 bits per heavy atom. The Bertz CT molecular complexity index is 729. The van der Waals surface area contributed by atoms with Crippen LogP contribution in [0.4, 0.5) is 0 Å². The van der Waals surface area contributed by atoms with E-state index < -0.39 is 0 Å². The third kappa shape index (κ3) is 3.57. The van der Waals surface area contributed by atoms with Crippen LogP contribution in [0.3, 0.4) is 0 Å². The molecule has 0 bridgehead atoms. The fourth-order valence-electron chi connectivity index (χ4n) is 2.83. The van der Waals surface area contributed by atoms with Crippen molar-refractivity contribution < 1.29 is 4.79 Å². The highest BCUT2D eigenvalue weighted by Gasteiger charge is 2.27. The number of nitrogens with zero attached hydrogens (tertiary/aromatic N) is 3. The lowest BCUT2D eigenvalue weighted by Crippen LogP contribution is -2.35. The van der Waals surface area contributed by atoms with Crippen molar-refractivity contribution in [2.75, 3.05) is 7.05 Å². The highest BCUT2D eigenvalue weighted by molar-refractivity contribution is 5.92. The van der Waals surface area contributed by atoms with Crippen LogP contribution in [-0.4, -0.2) is 22.8 Å². The van der Waals surface area contributed by atoms with Gasteiger partial charge >= 0.3 is 0 Å². The molecule has 4 nitrogen and oxygen atoms in total. The van der Waals surface area contributed by atoms with Gasteiger partial charge in [0.05, 0.1) is 11.6 Å². The van der Waals surface area contributed by atoms with Gasteiger partial charge in [-0.1, -0.05) is 38.1 Å². The number of hydrogen-bond acceptors (Lipinski definition) is 3. The molecular formula is C19H21N3O. The number of amides is 1. The minimum absolute atomic E-state index is 0.0267. The molecule has 0 N–H and O–H groups in total. The minimum Gasteiger partial charge on any atom is -0.333 e. The molecule has 0 unspecified atom stereocenters. The van der Waals surface area contributed by atoms with Crippen LogP contribution in [0.15, 0.2) is 42.6 Å². The number of benzene rings is 1. The first-order chi connectivity index (χ1) is 11.0. The highest BCUT2D eigenvalue weighted by Crippen LogP contribution is 2.30. The van der Waals surface area contributed by atoms with E-state index in [1.807, 2.05) is 18.2 Å². The standard InChI is InChI=1S/C19H21N3O/c1-13(2)18(16-8-6-5-7-14(16)3)22(4)19(23)17-10-9-15(11-20)12-21-17/h5-10,12-13,18H,1-4H3/t18-/m0/s1. The summed E-state index contributed by atoms with van der Waals surface area (Å²) in [5, 5.41) is 8.83. The summed E-state index contributed by atoms with van der Waals surface area (Å²) in [5.41, 5.74) is 3.11. The summed E-state index contributed by atoms with van der Waals surface area (Å²) in [6.07, 6.45) is 1.43. The Morgan fingerprint density at radius 3 is 2.43 bits per heavy atom. The lowest BCUT2D eigenvalue weighted by Gasteiger charge is -2.32. The van der Waals surface area contributed by atoms with Gasteiger partial charge in [-0.15, -0.1) is 0 Å². The Kier molecular flexibility index (Phi) is 5.13. The molecule has 0 aliphatic rings. The van der Waals surface area contributed by atoms with Gasteiger partial charge in [0, 0.05) is 13.2 Å². The zero-order valence-electron chi connectivity index (χ0n) is 13.9. The van der Waals surface area contributed by atoms with Gasteiger partial charge in [-0.25, -0.2) is 4.98 Å². The van der Waals surface area contributed by atoms with Gasteiger partial charge in [0.15, 0.2) is 0 Å². The Hall–Kier alpha value is -2.67. The van der Waals surface area contributed by atoms with Crippen molar-refractivity contribution in [2.24, 2.45) is 5.92 Å². The number of aromatic nitrogens is 1. The van der Waals surface area contributed by atoms with E-state index in [-0.39, 0.29) is 17.9 Å². The van der Waals surface area contributed by atoms with Gasteiger partial charge in [0.25, 0.3) is 5.91 Å². The van der Waals surface area contributed by atoms with Crippen LogP contribution in [-0.2, 0) is 0 Å². The van der Waals surface area contributed by atoms with Crippen LogP contribution >= 0.6 is 0 Å². The Labute approximate surface area is 137 Å². The third-order valence-electron chi connectivity index (χ3n) is 3.99. The van der Waals surface area contributed by atoms with Crippen LogP contribution in [0, 0.1) is 24.2 Å². The highest BCUT2D eigenvalue weighted by atomic mass is 16.2. The van der Waals surface area contributed by atoms with Crippen LogP contribution in [0.25, 0.3) is 0 Å². The minimum atomic E-state index is -0.142. The topological polar surface area (TPSA) is 57.0 Å². The SMILES string of the molecule is Cc1ccccc1[C@H](C(C)C)N(C)C(=O)c1ccc(C#N)cn1. The lowest BCUT2D eigenvalue weighted by atomic mass is 9.91. The summed E-state index contributed by atoms with van der Waals surface area (Å²) < 4.78 is 0. The van der Waals surface area contributed by atoms with E-state index in [0.717, 1.165) is 5.56 Å². The number of carbonyl (C=O) groups is 1. The van der Waals surface area contributed by atoms with E-state index in [1.165, 1.54) is 11.8 Å². The monoisotopic (exact) mass is 307 g/mol. The third-order valence-corrected chi connectivity index (χ3v) is 3.99. The molecule has 1 aromatic carbocycles. The lowest BCUT2D eigenvalue weighted by molar-refractivity contribution is 0.0680. The Balaban J connectivity index is 2.34. The number of aryl methyl sites for hydroxylation is 1. The first-order valence-corrected chi connectivity index (χ1v) is 7.64. The maximum atomic E-state index is 12.8. The Morgan fingerprint density at radius 2 is 1.91 bits per heavy atom.